The standard InChI is InChI=1S/C18H20N2O5/c1-3-20(4-2)17(22)13-5-7-15(8-6-13)19-16(21)12-25-18(23)14-9-10-24-11-14/h5-11H,3-4,12H2,1-2H3,(H,19,21). The van der Waals surface area contributed by atoms with E-state index >= 15 is 0 Å². The summed E-state index contributed by atoms with van der Waals surface area (Å²) in [6.07, 6.45) is 2.59. The van der Waals surface area contributed by atoms with E-state index in [1.165, 1.54) is 18.6 Å². The molecule has 7 nitrogen and oxygen atoms in total. The molecule has 1 N–H and O–H groups in total. The zero-order chi connectivity index (χ0) is 18.2. The van der Waals surface area contributed by atoms with E-state index in [0.717, 1.165) is 0 Å². The Morgan fingerprint density at radius 3 is 2.28 bits per heavy atom. The predicted octanol–water partition coefficient (Wildman–Crippen LogP) is 2.56. The maximum absolute atomic E-state index is 12.2. The lowest BCUT2D eigenvalue weighted by Crippen LogP contribution is -2.30. The Morgan fingerprint density at radius 1 is 1.04 bits per heavy atom. The van der Waals surface area contributed by atoms with Crippen molar-refractivity contribution < 1.29 is 23.5 Å². The van der Waals surface area contributed by atoms with Crippen LogP contribution in [0.2, 0.25) is 0 Å². The number of rotatable bonds is 7. The van der Waals surface area contributed by atoms with Gasteiger partial charge < -0.3 is 19.4 Å². The minimum Gasteiger partial charge on any atom is -0.472 e. The maximum Gasteiger partial charge on any atom is 0.341 e. The summed E-state index contributed by atoms with van der Waals surface area (Å²) in [6.45, 7) is 4.69. The van der Waals surface area contributed by atoms with Gasteiger partial charge in [-0.25, -0.2) is 4.79 Å². The van der Waals surface area contributed by atoms with Crippen LogP contribution in [-0.4, -0.2) is 42.4 Å². The van der Waals surface area contributed by atoms with Crippen LogP contribution in [0.15, 0.2) is 47.3 Å². The largest absolute Gasteiger partial charge is 0.472 e. The zero-order valence-electron chi connectivity index (χ0n) is 14.2. The van der Waals surface area contributed by atoms with E-state index in [4.69, 9.17) is 9.15 Å². The highest BCUT2D eigenvalue weighted by Crippen LogP contribution is 2.12. The minimum atomic E-state index is -0.635. The van der Waals surface area contributed by atoms with Crippen molar-refractivity contribution in [3.05, 3.63) is 54.0 Å². The van der Waals surface area contributed by atoms with Gasteiger partial charge in [0.25, 0.3) is 11.8 Å². The van der Waals surface area contributed by atoms with Crippen molar-refractivity contribution in [2.24, 2.45) is 0 Å². The highest BCUT2D eigenvalue weighted by molar-refractivity contribution is 5.97. The molecule has 0 spiro atoms. The van der Waals surface area contributed by atoms with Crippen LogP contribution >= 0.6 is 0 Å². The number of carbonyl (C=O) groups is 3. The molecule has 7 heteroatoms. The number of esters is 1. The molecule has 0 atom stereocenters. The molecule has 2 rings (SSSR count). The van der Waals surface area contributed by atoms with Crippen LogP contribution in [0, 0.1) is 0 Å². The van der Waals surface area contributed by atoms with Crippen molar-refractivity contribution in [3.8, 4) is 0 Å². The van der Waals surface area contributed by atoms with Gasteiger partial charge in [-0.05, 0) is 44.2 Å². The molecule has 1 aromatic carbocycles. The highest BCUT2D eigenvalue weighted by Gasteiger charge is 2.13. The maximum atomic E-state index is 12.2. The first-order valence-electron chi connectivity index (χ1n) is 7.93. The van der Waals surface area contributed by atoms with Crippen LogP contribution in [-0.2, 0) is 9.53 Å². The fourth-order valence-corrected chi connectivity index (χ4v) is 2.18. The van der Waals surface area contributed by atoms with E-state index < -0.39 is 18.5 Å². The molecular formula is C18H20N2O5. The van der Waals surface area contributed by atoms with Crippen molar-refractivity contribution in [1.82, 2.24) is 4.90 Å². The number of hydrogen-bond acceptors (Lipinski definition) is 5. The molecule has 0 bridgehead atoms. The molecule has 2 amide bonds. The molecule has 0 aliphatic rings. The third kappa shape index (κ3) is 4.94. The summed E-state index contributed by atoms with van der Waals surface area (Å²) in [4.78, 5) is 37.3. The highest BCUT2D eigenvalue weighted by atomic mass is 16.5. The first kappa shape index (κ1) is 18.3. The summed E-state index contributed by atoms with van der Waals surface area (Å²) >= 11 is 0. The number of benzene rings is 1. The van der Waals surface area contributed by atoms with Crippen LogP contribution in [0.3, 0.4) is 0 Å². The molecule has 0 aliphatic carbocycles. The third-order valence-electron chi connectivity index (χ3n) is 3.56. The van der Waals surface area contributed by atoms with Gasteiger partial charge in [-0.2, -0.15) is 0 Å². The number of hydrogen-bond donors (Lipinski definition) is 1. The van der Waals surface area contributed by atoms with Crippen LogP contribution in [0.1, 0.15) is 34.6 Å². The number of nitrogens with zero attached hydrogens (tertiary/aromatic N) is 1. The average Bonchev–Trinajstić information content (AvgIpc) is 3.16. The van der Waals surface area contributed by atoms with Gasteiger partial charge in [0, 0.05) is 24.3 Å². The van der Waals surface area contributed by atoms with E-state index in [2.05, 4.69) is 5.32 Å². The summed E-state index contributed by atoms with van der Waals surface area (Å²) in [5.41, 5.74) is 1.31. The van der Waals surface area contributed by atoms with Gasteiger partial charge in [-0.15, -0.1) is 0 Å². The summed E-state index contributed by atoms with van der Waals surface area (Å²) in [5, 5.41) is 2.60. The zero-order valence-corrected chi connectivity index (χ0v) is 14.2. The molecule has 1 heterocycles. The second kappa shape index (κ2) is 8.68. The Morgan fingerprint density at radius 2 is 1.72 bits per heavy atom. The van der Waals surface area contributed by atoms with Gasteiger partial charge in [0.05, 0.1) is 11.8 Å². The quantitative estimate of drug-likeness (QED) is 0.780. The van der Waals surface area contributed by atoms with Gasteiger partial charge >= 0.3 is 5.97 Å². The second-order valence-corrected chi connectivity index (χ2v) is 5.19. The Labute approximate surface area is 145 Å². The summed E-state index contributed by atoms with van der Waals surface area (Å²) in [7, 11) is 0. The number of anilines is 1. The van der Waals surface area contributed by atoms with Crippen molar-refractivity contribution in [2.75, 3.05) is 25.0 Å². The molecular weight excluding hydrogens is 324 g/mol. The number of carbonyl (C=O) groups excluding carboxylic acids is 3. The number of furan rings is 1. The normalized spacial score (nSPS) is 10.2. The molecule has 1 aromatic heterocycles. The van der Waals surface area contributed by atoms with Crippen LogP contribution in [0.5, 0.6) is 0 Å². The lowest BCUT2D eigenvalue weighted by atomic mass is 10.2. The average molecular weight is 344 g/mol. The third-order valence-corrected chi connectivity index (χ3v) is 3.56. The molecule has 0 aliphatic heterocycles. The molecule has 2 aromatic rings. The summed E-state index contributed by atoms with van der Waals surface area (Å²) in [6, 6.07) is 8.01. The molecule has 0 radical (unpaired) electrons. The molecule has 0 unspecified atom stereocenters. The summed E-state index contributed by atoms with van der Waals surface area (Å²) < 4.78 is 9.64. The number of amides is 2. The first-order chi connectivity index (χ1) is 12.0. The molecule has 0 saturated carbocycles. The Kier molecular flexibility index (Phi) is 6.33. The topological polar surface area (TPSA) is 88.9 Å². The smallest absolute Gasteiger partial charge is 0.341 e. The monoisotopic (exact) mass is 344 g/mol. The molecule has 0 fully saturated rings. The van der Waals surface area contributed by atoms with Gasteiger partial charge in [0.15, 0.2) is 6.61 Å². The van der Waals surface area contributed by atoms with Crippen molar-refractivity contribution >= 4 is 23.5 Å². The fraction of sp³-hybridized carbons (Fsp3) is 0.278. The predicted molar refractivity (Wildman–Crippen MR) is 91.3 cm³/mol. The van der Waals surface area contributed by atoms with Crippen LogP contribution in [0.25, 0.3) is 0 Å². The van der Waals surface area contributed by atoms with Gasteiger partial charge in [-0.1, -0.05) is 0 Å². The molecule has 0 saturated heterocycles. The Bertz CT molecular complexity index is 718. The minimum absolute atomic E-state index is 0.0584. The van der Waals surface area contributed by atoms with Crippen molar-refractivity contribution in [3.63, 3.8) is 0 Å². The Hall–Kier alpha value is -3.09. The first-order valence-corrected chi connectivity index (χ1v) is 7.93. The van der Waals surface area contributed by atoms with E-state index in [0.29, 0.717) is 24.3 Å². The lowest BCUT2D eigenvalue weighted by Gasteiger charge is -2.18. The van der Waals surface area contributed by atoms with Crippen molar-refractivity contribution in [1.29, 1.82) is 0 Å². The second-order valence-electron chi connectivity index (χ2n) is 5.19. The number of nitrogens with one attached hydrogen (secondary N) is 1. The SMILES string of the molecule is CCN(CC)C(=O)c1ccc(NC(=O)COC(=O)c2ccoc2)cc1. The van der Waals surface area contributed by atoms with Gasteiger partial charge in [0.2, 0.25) is 0 Å². The van der Waals surface area contributed by atoms with E-state index in [1.54, 1.807) is 29.2 Å². The van der Waals surface area contributed by atoms with Crippen LogP contribution < -0.4 is 5.32 Å². The lowest BCUT2D eigenvalue weighted by molar-refractivity contribution is -0.119. The van der Waals surface area contributed by atoms with E-state index in [1.807, 2.05) is 13.8 Å². The van der Waals surface area contributed by atoms with E-state index in [9.17, 15) is 14.4 Å². The number of ether oxygens (including phenoxy) is 1. The van der Waals surface area contributed by atoms with E-state index in [-0.39, 0.29) is 11.5 Å². The van der Waals surface area contributed by atoms with Gasteiger partial charge in [0.1, 0.15) is 6.26 Å². The van der Waals surface area contributed by atoms with Crippen LogP contribution in [0.4, 0.5) is 5.69 Å². The molecule has 25 heavy (non-hydrogen) atoms. The Balaban J connectivity index is 1.87. The van der Waals surface area contributed by atoms with Gasteiger partial charge in [-0.3, -0.25) is 9.59 Å². The van der Waals surface area contributed by atoms with Crippen molar-refractivity contribution in [2.45, 2.75) is 13.8 Å². The molecule has 132 valence electrons. The fourth-order valence-electron chi connectivity index (χ4n) is 2.18. The summed E-state index contributed by atoms with van der Waals surface area (Å²) in [5.74, 6) is -1.17.